The molecule has 2 aromatic carbocycles. The Morgan fingerprint density at radius 2 is 1.26 bits per heavy atom. The van der Waals surface area contributed by atoms with Crippen molar-refractivity contribution in [3.8, 4) is 34.0 Å². The number of alkyl carbamates (subject to hydrolysis) is 2. The molecule has 2 fully saturated rings. The molecular formula is C41H49N9O8. The fourth-order valence-corrected chi connectivity index (χ4v) is 7.70. The van der Waals surface area contributed by atoms with Crippen LogP contribution in [0.15, 0.2) is 59.3 Å². The van der Waals surface area contributed by atoms with Crippen LogP contribution in [0.1, 0.15) is 70.2 Å². The van der Waals surface area contributed by atoms with Crippen molar-refractivity contribution < 1.29 is 37.8 Å². The molecule has 2 aliphatic heterocycles. The molecule has 2 saturated heterocycles. The van der Waals surface area contributed by atoms with Gasteiger partial charge >= 0.3 is 12.2 Å². The molecule has 17 nitrogen and oxygen atoms in total. The van der Waals surface area contributed by atoms with E-state index in [9.17, 15) is 19.2 Å². The minimum Gasteiger partial charge on any atom is -0.453 e. The lowest BCUT2D eigenvalue weighted by atomic mass is 10.0. The minimum absolute atomic E-state index is 0.121. The zero-order valence-electron chi connectivity index (χ0n) is 33.4. The number of methoxy groups -OCH3 is 3. The number of hydrogen-bond acceptors (Lipinski definition) is 11. The summed E-state index contributed by atoms with van der Waals surface area (Å²) in [7, 11) is 4.02. The molecule has 7 rings (SSSR count). The predicted octanol–water partition coefficient (Wildman–Crippen LogP) is 5.74. The van der Waals surface area contributed by atoms with Crippen molar-refractivity contribution in [1.29, 1.82) is 0 Å². The highest BCUT2D eigenvalue weighted by Crippen LogP contribution is 2.35. The second-order valence-corrected chi connectivity index (χ2v) is 14.9. The number of aromatic amines is 2. The summed E-state index contributed by atoms with van der Waals surface area (Å²) in [6, 6.07) is 11.4. The van der Waals surface area contributed by atoms with E-state index < -0.39 is 30.4 Å². The van der Waals surface area contributed by atoms with Crippen molar-refractivity contribution in [3.05, 3.63) is 66.5 Å². The van der Waals surface area contributed by atoms with Crippen molar-refractivity contribution in [2.45, 2.75) is 76.7 Å². The summed E-state index contributed by atoms with van der Waals surface area (Å²) in [6.07, 6.45) is 4.68. The summed E-state index contributed by atoms with van der Waals surface area (Å²) >= 11 is 0. The molecule has 0 unspecified atom stereocenters. The number of rotatable bonds is 12. The van der Waals surface area contributed by atoms with E-state index in [1.807, 2.05) is 56.3 Å². The molecule has 0 aliphatic carbocycles. The maximum atomic E-state index is 13.6. The molecule has 5 heterocycles. The summed E-state index contributed by atoms with van der Waals surface area (Å²) in [5.74, 6) is 1.26. The quantitative estimate of drug-likeness (QED) is 0.120. The number of carbonyl (C=O) groups excluding carboxylic acids is 4. The van der Waals surface area contributed by atoms with Crippen molar-refractivity contribution in [3.63, 3.8) is 0 Å². The van der Waals surface area contributed by atoms with Gasteiger partial charge in [-0.05, 0) is 68.4 Å². The van der Waals surface area contributed by atoms with Crippen LogP contribution in [0.25, 0.3) is 45.1 Å². The van der Waals surface area contributed by atoms with Crippen LogP contribution in [0.4, 0.5) is 9.59 Å². The smallest absolute Gasteiger partial charge is 0.407 e. The van der Waals surface area contributed by atoms with Gasteiger partial charge in [-0.2, -0.15) is 0 Å². The van der Waals surface area contributed by atoms with Crippen LogP contribution in [0, 0.1) is 5.92 Å². The third kappa shape index (κ3) is 8.12. The lowest BCUT2D eigenvalue weighted by Gasteiger charge is -2.30. The monoisotopic (exact) mass is 795 g/mol. The van der Waals surface area contributed by atoms with Crippen molar-refractivity contribution >= 4 is 35.1 Å². The number of carbonyl (C=O) groups is 4. The predicted molar refractivity (Wildman–Crippen MR) is 212 cm³/mol. The van der Waals surface area contributed by atoms with Crippen LogP contribution in [-0.2, 0) is 23.8 Å². The SMILES string of the molecule is COC(=O)N[C@H](C(=O)N1CCC[C@H]1c1ncc(-c2ccc(-c3nc4ccc(-c5cnc([C@@H]6CCCN6C(=O)[C@@H](NC(=O)OC)[C@@H](C)OC)[nH]5)cc4o3)cc2)[nH]1)C(C)C. The molecule has 2 aliphatic rings. The Morgan fingerprint density at radius 3 is 1.81 bits per heavy atom. The standard InChI is InChI=1S/C41H49N9O8/c1-22(2)33(47-40(53)56-5)38(51)49-17-7-9-30(49)35-42-20-28(44-35)24-11-13-25(14-12-24)37-46-27-16-15-26(19-32(27)58-37)29-21-43-36(45-29)31-10-8-18-50(31)39(52)34(23(3)55-4)48-41(54)57-6/h11-16,19-23,30-31,33-34H,7-10,17-18H2,1-6H3,(H,42,44)(H,43,45)(H,47,53)(H,48,54)/t23-,30+,31+,33+,34+/m1/s1. The first kappa shape index (κ1) is 40.0. The van der Waals surface area contributed by atoms with Crippen molar-refractivity contribution in [2.75, 3.05) is 34.4 Å². The van der Waals surface area contributed by atoms with Crippen molar-refractivity contribution in [1.82, 2.24) is 45.4 Å². The highest BCUT2D eigenvalue weighted by atomic mass is 16.5. The Kier molecular flexibility index (Phi) is 11.8. The van der Waals surface area contributed by atoms with Crippen LogP contribution in [0.2, 0.25) is 0 Å². The average molecular weight is 796 g/mol. The maximum absolute atomic E-state index is 13.6. The van der Waals surface area contributed by atoms with Gasteiger partial charge < -0.3 is 49.0 Å². The van der Waals surface area contributed by atoms with Crippen LogP contribution in [0.5, 0.6) is 0 Å². The van der Waals surface area contributed by atoms with Gasteiger partial charge in [0.05, 0.1) is 56.2 Å². The molecule has 0 bridgehead atoms. The second-order valence-electron chi connectivity index (χ2n) is 14.9. The molecule has 4 amide bonds. The maximum Gasteiger partial charge on any atom is 0.407 e. The van der Waals surface area contributed by atoms with Gasteiger partial charge in [-0.15, -0.1) is 0 Å². The fraction of sp³-hybridized carbons (Fsp3) is 0.439. The number of likely N-dealkylation sites (tertiary alicyclic amines) is 2. The molecule has 58 heavy (non-hydrogen) atoms. The van der Waals surface area contributed by atoms with Crippen LogP contribution >= 0.6 is 0 Å². The molecule has 3 aromatic heterocycles. The molecule has 306 valence electrons. The molecule has 5 atom stereocenters. The molecule has 17 heteroatoms. The van der Waals surface area contributed by atoms with Crippen LogP contribution < -0.4 is 10.6 Å². The number of nitrogens with zero attached hydrogens (tertiary/aromatic N) is 5. The first-order chi connectivity index (χ1) is 28.0. The number of oxazole rings is 1. The molecule has 0 saturated carbocycles. The third-order valence-electron chi connectivity index (χ3n) is 11.0. The second kappa shape index (κ2) is 17.1. The summed E-state index contributed by atoms with van der Waals surface area (Å²) < 4.78 is 21.1. The highest BCUT2D eigenvalue weighted by Gasteiger charge is 2.39. The minimum atomic E-state index is -0.917. The molecule has 0 spiro atoms. The van der Waals surface area contributed by atoms with Gasteiger partial charge in [0.25, 0.3) is 0 Å². The van der Waals surface area contributed by atoms with Gasteiger partial charge in [-0.25, -0.2) is 24.5 Å². The summed E-state index contributed by atoms with van der Waals surface area (Å²) in [5, 5.41) is 5.30. The zero-order chi connectivity index (χ0) is 41.1. The number of nitrogens with one attached hydrogen (secondary N) is 4. The number of hydrogen-bond donors (Lipinski definition) is 4. The van der Waals surface area contributed by atoms with E-state index in [0.29, 0.717) is 48.1 Å². The number of aromatic nitrogens is 5. The number of benzene rings is 2. The van der Waals surface area contributed by atoms with E-state index in [1.54, 1.807) is 29.1 Å². The first-order valence-corrected chi connectivity index (χ1v) is 19.4. The van der Waals surface area contributed by atoms with Gasteiger partial charge in [0.2, 0.25) is 17.7 Å². The van der Waals surface area contributed by atoms with Gasteiger partial charge in [-0.1, -0.05) is 32.0 Å². The topological polar surface area (TPSA) is 210 Å². The Bertz CT molecular complexity index is 2260. The van der Waals surface area contributed by atoms with Gasteiger partial charge in [0.15, 0.2) is 5.58 Å². The van der Waals surface area contributed by atoms with E-state index in [-0.39, 0.29) is 29.8 Å². The lowest BCUT2D eigenvalue weighted by molar-refractivity contribution is -0.137. The van der Waals surface area contributed by atoms with Gasteiger partial charge in [0.1, 0.15) is 29.2 Å². The zero-order valence-corrected chi connectivity index (χ0v) is 33.4. The van der Waals surface area contributed by atoms with E-state index in [4.69, 9.17) is 23.6 Å². The molecule has 0 radical (unpaired) electrons. The van der Waals surface area contributed by atoms with E-state index in [1.165, 1.54) is 21.3 Å². The number of amides is 4. The normalized spacial score (nSPS) is 18.3. The Hall–Kier alpha value is -6.23. The number of H-pyrrole nitrogens is 2. The molecule has 4 N–H and O–H groups in total. The Labute approximate surface area is 335 Å². The van der Waals surface area contributed by atoms with Crippen LogP contribution in [0.3, 0.4) is 0 Å². The van der Waals surface area contributed by atoms with E-state index in [2.05, 4.69) is 30.6 Å². The lowest BCUT2D eigenvalue weighted by Crippen LogP contribution is -2.54. The fourth-order valence-electron chi connectivity index (χ4n) is 7.70. The van der Waals surface area contributed by atoms with Crippen LogP contribution in [-0.4, -0.2) is 111 Å². The third-order valence-corrected chi connectivity index (χ3v) is 11.0. The largest absolute Gasteiger partial charge is 0.453 e. The van der Waals surface area contributed by atoms with E-state index >= 15 is 0 Å². The van der Waals surface area contributed by atoms with Gasteiger partial charge in [0, 0.05) is 31.3 Å². The van der Waals surface area contributed by atoms with Crippen molar-refractivity contribution in [2.24, 2.45) is 5.92 Å². The Morgan fingerprint density at radius 1 is 0.741 bits per heavy atom. The number of ether oxygens (including phenoxy) is 3. The average Bonchev–Trinajstić information content (AvgIpc) is 4.09. The molecule has 5 aromatic rings. The van der Waals surface area contributed by atoms with Gasteiger partial charge in [-0.3, -0.25) is 9.59 Å². The summed E-state index contributed by atoms with van der Waals surface area (Å²) in [6.45, 7) is 6.59. The number of imidazole rings is 2. The molecular weight excluding hydrogens is 747 g/mol. The highest BCUT2D eigenvalue weighted by molar-refractivity contribution is 5.87. The Balaban J connectivity index is 1.03. The summed E-state index contributed by atoms with van der Waals surface area (Å²) in [4.78, 5) is 75.6. The van der Waals surface area contributed by atoms with E-state index in [0.717, 1.165) is 47.3 Å². The first-order valence-electron chi connectivity index (χ1n) is 19.4. The number of fused-ring (bicyclic) bond motifs is 1. The summed E-state index contributed by atoms with van der Waals surface area (Å²) in [5.41, 5.74) is 5.41.